The van der Waals surface area contributed by atoms with Crippen molar-refractivity contribution < 1.29 is 9.59 Å². The number of carbonyl (C=O) groups excluding carboxylic acids is 2. The summed E-state index contributed by atoms with van der Waals surface area (Å²) in [5, 5.41) is 0. The molecule has 4 nitrogen and oxygen atoms in total. The summed E-state index contributed by atoms with van der Waals surface area (Å²) in [6, 6.07) is 4.07. The van der Waals surface area contributed by atoms with E-state index in [0.29, 0.717) is 19.6 Å². The molecule has 0 N–H and O–H groups in total. The number of benzene rings is 1. The predicted molar refractivity (Wildman–Crippen MR) is 92.6 cm³/mol. The third-order valence-electron chi connectivity index (χ3n) is 4.66. The summed E-state index contributed by atoms with van der Waals surface area (Å²) < 4.78 is 0. The van der Waals surface area contributed by atoms with Crippen LogP contribution in [0, 0.1) is 26.7 Å². The summed E-state index contributed by atoms with van der Waals surface area (Å²) in [5.41, 5.74) is 4.17. The van der Waals surface area contributed by atoms with Crippen molar-refractivity contribution in [1.82, 2.24) is 9.80 Å². The molecular weight excluding hydrogens is 288 g/mol. The summed E-state index contributed by atoms with van der Waals surface area (Å²) in [5.74, 6) is 0.283. The van der Waals surface area contributed by atoms with Gasteiger partial charge in [-0.25, -0.2) is 0 Å². The zero-order valence-corrected chi connectivity index (χ0v) is 15.0. The molecule has 0 unspecified atom stereocenters. The minimum absolute atomic E-state index is 0.0132. The van der Waals surface area contributed by atoms with Gasteiger partial charge in [0.1, 0.15) is 0 Å². The van der Waals surface area contributed by atoms with Crippen LogP contribution in [0.1, 0.15) is 47.3 Å². The largest absolute Gasteiger partial charge is 0.341 e. The Kier molecular flexibility index (Phi) is 5.45. The van der Waals surface area contributed by atoms with E-state index in [-0.39, 0.29) is 17.7 Å². The SMILES string of the molecule is Cc1cc(C)c(C(=O)N2CCCN(C(=O)C(C)C)CC2)cc1C. The van der Waals surface area contributed by atoms with Crippen LogP contribution >= 0.6 is 0 Å². The Balaban J connectivity index is 2.12. The highest BCUT2D eigenvalue weighted by Crippen LogP contribution is 2.18. The fraction of sp³-hybridized carbons (Fsp3) is 0.579. The molecular formula is C19H28N2O2. The highest BCUT2D eigenvalue weighted by molar-refractivity contribution is 5.96. The molecule has 1 aromatic rings. The van der Waals surface area contributed by atoms with E-state index in [4.69, 9.17) is 0 Å². The molecule has 0 aromatic heterocycles. The molecule has 1 aromatic carbocycles. The van der Waals surface area contributed by atoms with E-state index in [1.165, 1.54) is 5.56 Å². The van der Waals surface area contributed by atoms with Gasteiger partial charge in [-0.05, 0) is 49.9 Å². The standard InChI is InChI=1S/C19H28N2O2/c1-13(2)18(22)20-7-6-8-21(10-9-20)19(23)17-12-15(4)14(3)11-16(17)5/h11-13H,6-10H2,1-5H3. The van der Waals surface area contributed by atoms with Crippen molar-refractivity contribution in [2.24, 2.45) is 5.92 Å². The minimum Gasteiger partial charge on any atom is -0.341 e. The van der Waals surface area contributed by atoms with Crippen molar-refractivity contribution in [2.45, 2.75) is 41.0 Å². The number of hydrogen-bond donors (Lipinski definition) is 0. The maximum Gasteiger partial charge on any atom is 0.254 e. The smallest absolute Gasteiger partial charge is 0.254 e. The first kappa shape index (κ1) is 17.5. The molecule has 2 rings (SSSR count). The second kappa shape index (κ2) is 7.16. The Morgan fingerprint density at radius 2 is 1.43 bits per heavy atom. The van der Waals surface area contributed by atoms with Gasteiger partial charge in [0.05, 0.1) is 0 Å². The first-order valence-electron chi connectivity index (χ1n) is 8.47. The first-order valence-corrected chi connectivity index (χ1v) is 8.47. The molecule has 23 heavy (non-hydrogen) atoms. The van der Waals surface area contributed by atoms with E-state index in [9.17, 15) is 9.59 Å². The van der Waals surface area contributed by atoms with Crippen molar-refractivity contribution in [3.8, 4) is 0 Å². The molecule has 0 spiro atoms. The molecule has 1 fully saturated rings. The number of nitrogens with zero attached hydrogens (tertiary/aromatic N) is 2. The summed E-state index contributed by atoms with van der Waals surface area (Å²) >= 11 is 0. The Hall–Kier alpha value is -1.84. The van der Waals surface area contributed by atoms with Gasteiger partial charge < -0.3 is 9.80 Å². The number of aryl methyl sites for hydroxylation is 3. The van der Waals surface area contributed by atoms with Gasteiger partial charge in [-0.3, -0.25) is 9.59 Å². The Morgan fingerprint density at radius 3 is 2.09 bits per heavy atom. The Morgan fingerprint density at radius 1 is 0.870 bits per heavy atom. The lowest BCUT2D eigenvalue weighted by Gasteiger charge is -2.24. The molecule has 1 aliphatic heterocycles. The topological polar surface area (TPSA) is 40.6 Å². The van der Waals surface area contributed by atoms with Crippen LogP contribution in [0.15, 0.2) is 12.1 Å². The van der Waals surface area contributed by atoms with Crippen LogP contribution in [0.25, 0.3) is 0 Å². The molecule has 1 saturated heterocycles. The maximum absolute atomic E-state index is 12.9. The van der Waals surface area contributed by atoms with Crippen LogP contribution in [0.3, 0.4) is 0 Å². The van der Waals surface area contributed by atoms with Crippen LogP contribution in [-0.2, 0) is 4.79 Å². The molecule has 0 saturated carbocycles. The number of amides is 2. The molecule has 0 atom stereocenters. The maximum atomic E-state index is 12.9. The summed E-state index contributed by atoms with van der Waals surface area (Å²) in [6.07, 6.45) is 0.841. The Bertz CT molecular complexity index is 608. The lowest BCUT2D eigenvalue weighted by Crippen LogP contribution is -2.39. The first-order chi connectivity index (χ1) is 10.8. The molecule has 0 bridgehead atoms. The van der Waals surface area contributed by atoms with Crippen molar-refractivity contribution in [3.63, 3.8) is 0 Å². The van der Waals surface area contributed by atoms with Crippen LogP contribution < -0.4 is 0 Å². The summed E-state index contributed by atoms with van der Waals surface area (Å²) in [6.45, 7) is 12.7. The molecule has 0 radical (unpaired) electrons. The average Bonchev–Trinajstić information content (AvgIpc) is 2.75. The van der Waals surface area contributed by atoms with Gasteiger partial charge in [0.2, 0.25) is 5.91 Å². The normalized spacial score (nSPS) is 15.7. The molecule has 4 heteroatoms. The zero-order chi connectivity index (χ0) is 17.1. The second-order valence-electron chi connectivity index (χ2n) is 6.88. The highest BCUT2D eigenvalue weighted by Gasteiger charge is 2.24. The molecule has 1 aliphatic rings. The van der Waals surface area contributed by atoms with Gasteiger partial charge in [0.25, 0.3) is 5.91 Å². The van der Waals surface area contributed by atoms with E-state index >= 15 is 0 Å². The molecule has 2 amide bonds. The average molecular weight is 316 g/mol. The monoisotopic (exact) mass is 316 g/mol. The van der Waals surface area contributed by atoms with Crippen LogP contribution in [-0.4, -0.2) is 47.8 Å². The van der Waals surface area contributed by atoms with Crippen LogP contribution in [0.5, 0.6) is 0 Å². The van der Waals surface area contributed by atoms with Crippen LogP contribution in [0.2, 0.25) is 0 Å². The van der Waals surface area contributed by atoms with Gasteiger partial charge in [0.15, 0.2) is 0 Å². The minimum atomic E-state index is 0.0132. The molecule has 126 valence electrons. The van der Waals surface area contributed by atoms with E-state index in [1.807, 2.05) is 43.6 Å². The number of hydrogen-bond acceptors (Lipinski definition) is 2. The third kappa shape index (κ3) is 3.92. The van der Waals surface area contributed by atoms with E-state index in [2.05, 4.69) is 13.0 Å². The van der Waals surface area contributed by atoms with Crippen molar-refractivity contribution in [3.05, 3.63) is 34.4 Å². The zero-order valence-electron chi connectivity index (χ0n) is 15.0. The summed E-state index contributed by atoms with van der Waals surface area (Å²) in [7, 11) is 0. The Labute approximate surface area is 139 Å². The lowest BCUT2D eigenvalue weighted by atomic mass is 10.00. The molecule has 0 aliphatic carbocycles. The quantitative estimate of drug-likeness (QED) is 0.841. The predicted octanol–water partition coefficient (Wildman–Crippen LogP) is 2.94. The summed E-state index contributed by atoms with van der Waals surface area (Å²) in [4.78, 5) is 28.8. The van der Waals surface area contributed by atoms with Gasteiger partial charge in [-0.1, -0.05) is 19.9 Å². The van der Waals surface area contributed by atoms with Gasteiger partial charge in [-0.2, -0.15) is 0 Å². The highest BCUT2D eigenvalue weighted by atomic mass is 16.2. The number of rotatable bonds is 2. The van der Waals surface area contributed by atoms with Crippen LogP contribution in [0.4, 0.5) is 0 Å². The third-order valence-corrected chi connectivity index (χ3v) is 4.66. The fourth-order valence-electron chi connectivity index (χ4n) is 3.07. The second-order valence-corrected chi connectivity index (χ2v) is 6.88. The lowest BCUT2D eigenvalue weighted by molar-refractivity contribution is -0.134. The van der Waals surface area contributed by atoms with E-state index in [0.717, 1.165) is 29.7 Å². The fourth-order valence-corrected chi connectivity index (χ4v) is 3.07. The van der Waals surface area contributed by atoms with E-state index in [1.54, 1.807) is 0 Å². The van der Waals surface area contributed by atoms with Crippen molar-refractivity contribution in [1.29, 1.82) is 0 Å². The van der Waals surface area contributed by atoms with E-state index < -0.39 is 0 Å². The van der Waals surface area contributed by atoms with Gasteiger partial charge in [0, 0.05) is 37.7 Å². The van der Waals surface area contributed by atoms with Gasteiger partial charge >= 0.3 is 0 Å². The van der Waals surface area contributed by atoms with Crippen molar-refractivity contribution in [2.75, 3.05) is 26.2 Å². The number of carbonyl (C=O) groups is 2. The molecule has 1 heterocycles. The van der Waals surface area contributed by atoms with Gasteiger partial charge in [-0.15, -0.1) is 0 Å². The van der Waals surface area contributed by atoms with Crippen molar-refractivity contribution >= 4 is 11.8 Å².